The van der Waals surface area contributed by atoms with Crippen molar-refractivity contribution in [2.75, 3.05) is 6.54 Å². The Morgan fingerprint density at radius 2 is 1.84 bits per heavy atom. The van der Waals surface area contributed by atoms with Gasteiger partial charge in [0, 0.05) is 9.61 Å². The number of hydrogen-bond donors (Lipinski definition) is 1. The molecule has 1 unspecified atom stereocenters. The molecule has 0 aliphatic heterocycles. The lowest BCUT2D eigenvalue weighted by Crippen LogP contribution is -2.18. The maximum Gasteiger partial charge on any atom is 0.145 e. The Morgan fingerprint density at radius 3 is 2.42 bits per heavy atom. The number of ether oxygens (including phenoxy) is 1. The van der Waals surface area contributed by atoms with E-state index in [1.165, 1.54) is 3.57 Å². The van der Waals surface area contributed by atoms with Gasteiger partial charge in [-0.15, -0.1) is 0 Å². The number of nitrogens with zero attached hydrogens (tertiary/aromatic N) is 1. The van der Waals surface area contributed by atoms with Crippen LogP contribution in [0.4, 0.5) is 0 Å². The van der Waals surface area contributed by atoms with Gasteiger partial charge < -0.3 is 10.1 Å². The lowest BCUT2D eigenvalue weighted by molar-refractivity contribution is 0.478. The van der Waals surface area contributed by atoms with Crippen LogP contribution in [0.2, 0.25) is 0 Å². The Morgan fingerprint density at radius 1 is 1.16 bits per heavy atom. The molecular weight excluding hydrogens is 351 g/mol. The van der Waals surface area contributed by atoms with E-state index in [0.717, 1.165) is 23.7 Å². The van der Waals surface area contributed by atoms with E-state index in [4.69, 9.17) is 4.74 Å². The second-order valence-electron chi connectivity index (χ2n) is 4.25. The molecule has 1 aromatic carbocycles. The fourth-order valence-electron chi connectivity index (χ4n) is 1.76. The lowest BCUT2D eigenvalue weighted by Gasteiger charge is -2.12. The zero-order valence-electron chi connectivity index (χ0n) is 11.1. The maximum atomic E-state index is 5.74. The minimum atomic E-state index is 0.261. The van der Waals surface area contributed by atoms with E-state index in [2.05, 4.69) is 46.7 Å². The summed E-state index contributed by atoms with van der Waals surface area (Å²) in [5, 5.41) is 3.33. The number of benzene rings is 1. The average Bonchev–Trinajstić information content (AvgIpc) is 2.42. The molecule has 0 aliphatic carbocycles. The van der Waals surface area contributed by atoms with Gasteiger partial charge in [0.1, 0.15) is 11.5 Å². The summed E-state index contributed by atoms with van der Waals surface area (Å²) in [4.78, 5) is 4.42. The Labute approximate surface area is 127 Å². The van der Waals surface area contributed by atoms with Crippen molar-refractivity contribution in [1.29, 1.82) is 0 Å². The number of hydrogen-bond acceptors (Lipinski definition) is 3. The first-order valence-corrected chi connectivity index (χ1v) is 7.39. The highest BCUT2D eigenvalue weighted by atomic mass is 127. The molecule has 0 aliphatic rings. The van der Waals surface area contributed by atoms with Gasteiger partial charge in [-0.25, -0.2) is 0 Å². The van der Waals surface area contributed by atoms with E-state index < -0.39 is 0 Å². The van der Waals surface area contributed by atoms with Gasteiger partial charge in [0.25, 0.3) is 0 Å². The van der Waals surface area contributed by atoms with Gasteiger partial charge in [-0.1, -0.05) is 6.92 Å². The highest BCUT2D eigenvalue weighted by Crippen LogP contribution is 2.22. The maximum absolute atomic E-state index is 5.74. The summed E-state index contributed by atoms with van der Waals surface area (Å²) < 4.78 is 6.93. The molecule has 2 rings (SSSR count). The van der Waals surface area contributed by atoms with Gasteiger partial charge in [-0.2, -0.15) is 0 Å². The third kappa shape index (κ3) is 4.18. The van der Waals surface area contributed by atoms with Crippen LogP contribution in [0.15, 0.2) is 42.6 Å². The third-order valence-corrected chi connectivity index (χ3v) is 3.48. The Hall–Kier alpha value is -1.14. The lowest BCUT2D eigenvalue weighted by atomic mass is 10.2. The van der Waals surface area contributed by atoms with Crippen LogP contribution in [0.25, 0.3) is 0 Å². The van der Waals surface area contributed by atoms with Crippen LogP contribution in [0.3, 0.4) is 0 Å². The smallest absolute Gasteiger partial charge is 0.145 e. The standard InChI is InChI=1S/C15H17IN2O/c1-3-17-11(2)15-9-8-14(10-18-15)19-13-6-4-12(16)5-7-13/h4-11,17H,3H2,1-2H3. The summed E-state index contributed by atoms with van der Waals surface area (Å²) >= 11 is 2.27. The van der Waals surface area contributed by atoms with Gasteiger partial charge >= 0.3 is 0 Å². The van der Waals surface area contributed by atoms with Gasteiger partial charge in [0.05, 0.1) is 11.9 Å². The van der Waals surface area contributed by atoms with Crippen molar-refractivity contribution < 1.29 is 4.74 Å². The molecule has 1 heterocycles. The van der Waals surface area contributed by atoms with E-state index in [-0.39, 0.29) is 6.04 Å². The van der Waals surface area contributed by atoms with Crippen LogP contribution in [0.5, 0.6) is 11.5 Å². The minimum absolute atomic E-state index is 0.261. The van der Waals surface area contributed by atoms with Gasteiger partial charge in [0.2, 0.25) is 0 Å². The average molecular weight is 368 g/mol. The van der Waals surface area contributed by atoms with E-state index in [1.807, 2.05) is 36.4 Å². The summed E-state index contributed by atoms with van der Waals surface area (Å²) in [7, 11) is 0. The first-order valence-electron chi connectivity index (χ1n) is 6.32. The van der Waals surface area contributed by atoms with Crippen LogP contribution in [-0.2, 0) is 0 Å². The molecule has 0 saturated carbocycles. The minimum Gasteiger partial charge on any atom is -0.456 e. The first-order chi connectivity index (χ1) is 9.19. The van der Waals surface area contributed by atoms with E-state index in [1.54, 1.807) is 6.20 Å². The molecule has 3 nitrogen and oxygen atoms in total. The summed E-state index contributed by atoms with van der Waals surface area (Å²) in [6.45, 7) is 5.12. The predicted octanol–water partition coefficient (Wildman–Crippen LogP) is 4.15. The number of aromatic nitrogens is 1. The quantitative estimate of drug-likeness (QED) is 0.806. The number of rotatable bonds is 5. The summed E-state index contributed by atoms with van der Waals surface area (Å²) in [6, 6.07) is 12.2. The van der Waals surface area contributed by atoms with Crippen LogP contribution in [0.1, 0.15) is 25.6 Å². The molecule has 0 saturated heterocycles. The molecule has 4 heteroatoms. The zero-order chi connectivity index (χ0) is 13.7. The Balaban J connectivity index is 2.04. The molecule has 0 fully saturated rings. The van der Waals surface area contributed by atoms with Crippen molar-refractivity contribution in [3.05, 3.63) is 51.9 Å². The van der Waals surface area contributed by atoms with Gasteiger partial charge in [0.15, 0.2) is 0 Å². The second kappa shape index (κ2) is 6.86. The topological polar surface area (TPSA) is 34.1 Å². The Bertz CT molecular complexity index is 511. The number of pyridine rings is 1. The molecule has 1 N–H and O–H groups in total. The summed E-state index contributed by atoms with van der Waals surface area (Å²) in [5.41, 5.74) is 1.02. The highest BCUT2D eigenvalue weighted by molar-refractivity contribution is 14.1. The predicted molar refractivity (Wildman–Crippen MR) is 85.6 cm³/mol. The molecule has 19 heavy (non-hydrogen) atoms. The fourth-order valence-corrected chi connectivity index (χ4v) is 2.12. The number of halogens is 1. The second-order valence-corrected chi connectivity index (χ2v) is 5.50. The van der Waals surface area contributed by atoms with Crippen molar-refractivity contribution in [3.63, 3.8) is 0 Å². The SMILES string of the molecule is CCNC(C)c1ccc(Oc2ccc(I)cc2)cn1. The van der Waals surface area contributed by atoms with Crippen LogP contribution in [0, 0.1) is 3.57 Å². The third-order valence-electron chi connectivity index (χ3n) is 2.76. The van der Waals surface area contributed by atoms with Crippen LogP contribution < -0.4 is 10.1 Å². The van der Waals surface area contributed by atoms with Crippen molar-refractivity contribution in [2.45, 2.75) is 19.9 Å². The molecule has 100 valence electrons. The number of nitrogens with one attached hydrogen (secondary N) is 1. The fraction of sp³-hybridized carbons (Fsp3) is 0.267. The molecule has 0 amide bonds. The van der Waals surface area contributed by atoms with E-state index in [0.29, 0.717) is 0 Å². The summed E-state index contributed by atoms with van der Waals surface area (Å²) in [5.74, 6) is 1.59. The highest BCUT2D eigenvalue weighted by Gasteiger charge is 2.05. The Kier molecular flexibility index (Phi) is 5.15. The van der Waals surface area contributed by atoms with E-state index in [9.17, 15) is 0 Å². The molecule has 1 aromatic heterocycles. The van der Waals surface area contributed by atoms with E-state index >= 15 is 0 Å². The van der Waals surface area contributed by atoms with Crippen molar-refractivity contribution >= 4 is 22.6 Å². The first kappa shape index (κ1) is 14.3. The molecule has 1 atom stereocenters. The largest absolute Gasteiger partial charge is 0.456 e. The van der Waals surface area contributed by atoms with Crippen molar-refractivity contribution in [3.8, 4) is 11.5 Å². The molecular formula is C15H17IN2O. The molecule has 0 bridgehead atoms. The normalized spacial score (nSPS) is 12.2. The summed E-state index contributed by atoms with van der Waals surface area (Å²) in [6.07, 6.45) is 1.77. The molecule has 2 aromatic rings. The molecule has 0 radical (unpaired) electrons. The van der Waals surface area contributed by atoms with Crippen molar-refractivity contribution in [1.82, 2.24) is 10.3 Å². The monoisotopic (exact) mass is 368 g/mol. The van der Waals surface area contributed by atoms with Crippen LogP contribution in [-0.4, -0.2) is 11.5 Å². The zero-order valence-corrected chi connectivity index (χ0v) is 13.2. The van der Waals surface area contributed by atoms with Crippen molar-refractivity contribution in [2.24, 2.45) is 0 Å². The molecule has 0 spiro atoms. The van der Waals surface area contributed by atoms with Gasteiger partial charge in [-0.05, 0) is 72.5 Å². The van der Waals surface area contributed by atoms with Crippen LogP contribution >= 0.6 is 22.6 Å². The van der Waals surface area contributed by atoms with Gasteiger partial charge in [-0.3, -0.25) is 4.98 Å².